The second-order valence-electron chi connectivity index (χ2n) is 5.88. The van der Waals surface area contributed by atoms with Crippen LogP contribution in [0.25, 0.3) is 0 Å². The van der Waals surface area contributed by atoms with Gasteiger partial charge in [-0.3, -0.25) is 4.79 Å². The average Bonchev–Trinajstić information content (AvgIpc) is 2.58. The number of likely N-dealkylation sites (N-methyl/N-ethyl adjacent to an activating group) is 1. The van der Waals surface area contributed by atoms with Gasteiger partial charge in [0.05, 0.1) is 18.2 Å². The summed E-state index contributed by atoms with van der Waals surface area (Å²) < 4.78 is 44.0. The predicted molar refractivity (Wildman–Crippen MR) is 89.3 cm³/mol. The summed E-state index contributed by atoms with van der Waals surface area (Å²) in [7, 11) is 3.01. The highest BCUT2D eigenvalue weighted by atomic mass is 19.4. The second kappa shape index (κ2) is 7.70. The van der Waals surface area contributed by atoms with E-state index in [2.05, 4.69) is 0 Å². The lowest BCUT2D eigenvalue weighted by Gasteiger charge is -2.28. The van der Waals surface area contributed by atoms with E-state index >= 15 is 0 Å². The summed E-state index contributed by atoms with van der Waals surface area (Å²) in [4.78, 5) is 14.1. The summed E-state index contributed by atoms with van der Waals surface area (Å²) in [6, 6.07) is 11.4. The number of aryl methyl sites for hydroxylation is 1. The Hall–Kier alpha value is -2.34. The van der Waals surface area contributed by atoms with Crippen LogP contribution in [0.15, 0.2) is 48.5 Å². The first-order chi connectivity index (χ1) is 11.7. The maximum absolute atomic E-state index is 13.0. The molecule has 0 heterocycles. The largest absolute Gasteiger partial charge is 0.416 e. The Morgan fingerprint density at radius 3 is 2.36 bits per heavy atom. The van der Waals surface area contributed by atoms with Gasteiger partial charge in [-0.15, -0.1) is 0 Å². The first-order valence-corrected chi connectivity index (χ1v) is 7.74. The van der Waals surface area contributed by atoms with E-state index in [0.717, 1.165) is 17.7 Å². The van der Waals surface area contributed by atoms with E-state index in [9.17, 15) is 18.0 Å². The molecular formula is C19H20F3NO2. The Bertz CT molecular complexity index is 726. The van der Waals surface area contributed by atoms with Crippen LogP contribution in [0.5, 0.6) is 0 Å². The molecule has 1 amide bonds. The number of methoxy groups -OCH3 is 1. The molecule has 0 aliphatic carbocycles. The summed E-state index contributed by atoms with van der Waals surface area (Å²) in [6.45, 7) is 2.00. The Labute approximate surface area is 145 Å². The van der Waals surface area contributed by atoms with Crippen LogP contribution in [0.1, 0.15) is 33.1 Å². The monoisotopic (exact) mass is 351 g/mol. The van der Waals surface area contributed by atoms with E-state index < -0.39 is 17.8 Å². The molecule has 134 valence electrons. The third-order valence-electron chi connectivity index (χ3n) is 4.01. The highest BCUT2D eigenvalue weighted by Gasteiger charge is 2.32. The fourth-order valence-electron chi connectivity index (χ4n) is 2.55. The number of hydrogen-bond acceptors (Lipinski definition) is 2. The van der Waals surface area contributed by atoms with E-state index in [1.807, 2.05) is 19.1 Å². The minimum absolute atomic E-state index is 0.0927. The maximum atomic E-state index is 13.0. The van der Waals surface area contributed by atoms with Crippen molar-refractivity contribution in [3.05, 3.63) is 70.8 Å². The van der Waals surface area contributed by atoms with E-state index in [-0.39, 0.29) is 12.5 Å². The van der Waals surface area contributed by atoms with E-state index in [1.54, 1.807) is 25.2 Å². The molecular weight excluding hydrogens is 331 g/mol. The number of benzene rings is 2. The minimum atomic E-state index is -4.44. The van der Waals surface area contributed by atoms with Crippen molar-refractivity contribution >= 4 is 5.91 Å². The molecule has 0 saturated carbocycles. The summed E-state index contributed by atoms with van der Waals surface area (Å²) in [5.41, 5.74) is 1.12. The molecule has 0 aromatic heterocycles. The topological polar surface area (TPSA) is 29.5 Å². The lowest BCUT2D eigenvalue weighted by Crippen LogP contribution is -2.34. The Morgan fingerprint density at radius 1 is 1.16 bits per heavy atom. The van der Waals surface area contributed by atoms with Gasteiger partial charge in [0.15, 0.2) is 0 Å². The number of nitrogens with zero attached hydrogens (tertiary/aromatic N) is 1. The molecule has 0 radical (unpaired) electrons. The van der Waals surface area contributed by atoms with E-state index in [4.69, 9.17) is 4.74 Å². The number of carbonyl (C=O) groups is 1. The van der Waals surface area contributed by atoms with Gasteiger partial charge in [0.25, 0.3) is 5.91 Å². The molecule has 25 heavy (non-hydrogen) atoms. The normalized spacial score (nSPS) is 12.7. The van der Waals surface area contributed by atoms with Crippen LogP contribution in [0.4, 0.5) is 13.2 Å². The van der Waals surface area contributed by atoms with Crippen molar-refractivity contribution in [1.29, 1.82) is 0 Å². The van der Waals surface area contributed by atoms with Gasteiger partial charge >= 0.3 is 6.18 Å². The molecule has 2 aromatic carbocycles. The van der Waals surface area contributed by atoms with Gasteiger partial charge in [-0.05, 0) is 36.8 Å². The first-order valence-electron chi connectivity index (χ1n) is 7.74. The quantitative estimate of drug-likeness (QED) is 0.795. The summed E-state index contributed by atoms with van der Waals surface area (Å²) >= 11 is 0. The number of amides is 1. The second-order valence-corrected chi connectivity index (χ2v) is 5.88. The van der Waals surface area contributed by atoms with E-state index in [1.165, 1.54) is 18.1 Å². The average molecular weight is 351 g/mol. The van der Waals surface area contributed by atoms with Crippen molar-refractivity contribution in [3.63, 3.8) is 0 Å². The van der Waals surface area contributed by atoms with Gasteiger partial charge in [-0.25, -0.2) is 0 Å². The van der Waals surface area contributed by atoms with Crippen LogP contribution in [-0.4, -0.2) is 31.6 Å². The van der Waals surface area contributed by atoms with Gasteiger partial charge in [-0.1, -0.05) is 29.8 Å². The minimum Gasteiger partial charge on any atom is -0.382 e. The van der Waals surface area contributed by atoms with Gasteiger partial charge in [0.1, 0.15) is 0 Å². The fraction of sp³-hybridized carbons (Fsp3) is 0.316. The molecule has 2 aromatic rings. The van der Waals surface area contributed by atoms with Crippen molar-refractivity contribution in [2.24, 2.45) is 0 Å². The lowest BCUT2D eigenvalue weighted by atomic mass is 10.0. The molecule has 1 atom stereocenters. The van der Waals surface area contributed by atoms with Crippen LogP contribution in [0.2, 0.25) is 0 Å². The van der Waals surface area contributed by atoms with Gasteiger partial charge in [0.2, 0.25) is 0 Å². The molecule has 1 unspecified atom stereocenters. The molecule has 0 aliphatic heterocycles. The van der Waals surface area contributed by atoms with Crippen molar-refractivity contribution < 1.29 is 22.7 Å². The zero-order valence-corrected chi connectivity index (χ0v) is 14.3. The van der Waals surface area contributed by atoms with Crippen molar-refractivity contribution in [2.75, 3.05) is 20.8 Å². The maximum Gasteiger partial charge on any atom is 0.416 e. The summed E-state index contributed by atoms with van der Waals surface area (Å²) in [5, 5.41) is 0. The summed E-state index contributed by atoms with van der Waals surface area (Å²) in [6.07, 6.45) is -4.44. The number of hydrogen-bond donors (Lipinski definition) is 0. The van der Waals surface area contributed by atoms with Gasteiger partial charge in [-0.2, -0.15) is 13.2 Å². The molecule has 6 heteroatoms. The van der Waals surface area contributed by atoms with Crippen molar-refractivity contribution in [2.45, 2.75) is 19.1 Å². The molecule has 0 fully saturated rings. The Morgan fingerprint density at radius 2 is 1.80 bits per heavy atom. The van der Waals surface area contributed by atoms with Crippen LogP contribution >= 0.6 is 0 Å². The fourth-order valence-corrected chi connectivity index (χ4v) is 2.55. The molecule has 2 rings (SSSR count). The van der Waals surface area contributed by atoms with Crippen LogP contribution in [0.3, 0.4) is 0 Å². The third-order valence-corrected chi connectivity index (χ3v) is 4.01. The summed E-state index contributed by atoms with van der Waals surface area (Å²) in [5.74, 6) is -0.278. The number of ether oxygens (including phenoxy) is 1. The number of rotatable bonds is 5. The SMILES string of the molecule is COCC(c1cccc(C(F)(F)F)c1)N(C)C(=O)c1ccc(C)cc1. The highest BCUT2D eigenvalue weighted by Crippen LogP contribution is 2.32. The standard InChI is InChI=1S/C19H20F3NO2/c1-13-7-9-14(10-8-13)18(24)23(2)17(12-25-3)15-5-4-6-16(11-15)19(20,21)22/h4-11,17H,12H2,1-3H3. The molecule has 0 saturated heterocycles. The Balaban J connectivity index is 2.33. The van der Waals surface area contributed by atoms with Crippen LogP contribution in [0, 0.1) is 6.92 Å². The lowest BCUT2D eigenvalue weighted by molar-refractivity contribution is -0.137. The van der Waals surface area contributed by atoms with Crippen LogP contribution in [-0.2, 0) is 10.9 Å². The van der Waals surface area contributed by atoms with Gasteiger partial charge < -0.3 is 9.64 Å². The van der Waals surface area contributed by atoms with Crippen molar-refractivity contribution in [3.8, 4) is 0 Å². The molecule has 3 nitrogen and oxygen atoms in total. The zero-order chi connectivity index (χ0) is 18.6. The van der Waals surface area contributed by atoms with E-state index in [0.29, 0.717) is 11.1 Å². The molecule has 0 spiro atoms. The smallest absolute Gasteiger partial charge is 0.382 e. The zero-order valence-electron chi connectivity index (χ0n) is 14.3. The Kier molecular flexibility index (Phi) is 5.85. The molecule has 0 aliphatic rings. The van der Waals surface area contributed by atoms with Gasteiger partial charge in [0, 0.05) is 19.7 Å². The van der Waals surface area contributed by atoms with Crippen molar-refractivity contribution in [1.82, 2.24) is 4.90 Å². The third kappa shape index (κ3) is 4.60. The number of carbonyl (C=O) groups excluding carboxylic acids is 1. The number of halogens is 3. The first kappa shape index (κ1) is 19.0. The van der Waals surface area contributed by atoms with Crippen LogP contribution < -0.4 is 0 Å². The number of alkyl halides is 3. The highest BCUT2D eigenvalue weighted by molar-refractivity contribution is 5.94. The predicted octanol–water partition coefficient (Wildman–Crippen LogP) is 4.47. The molecule has 0 bridgehead atoms. The molecule has 0 N–H and O–H groups in total.